The van der Waals surface area contributed by atoms with Crippen LogP contribution in [-0.2, 0) is 20.7 Å². The summed E-state index contributed by atoms with van der Waals surface area (Å²) in [4.78, 5) is 29.2. The van der Waals surface area contributed by atoms with E-state index >= 15 is 0 Å². The molecule has 2 aliphatic rings. The fourth-order valence-corrected chi connectivity index (χ4v) is 4.48. The van der Waals surface area contributed by atoms with Gasteiger partial charge in [-0.2, -0.15) is 11.3 Å². The molecule has 2 aliphatic heterocycles. The first-order valence-corrected chi connectivity index (χ1v) is 9.08. The Morgan fingerprint density at radius 2 is 2.35 bits per heavy atom. The number of methoxy groups -OCH3 is 1. The van der Waals surface area contributed by atoms with Crippen LogP contribution in [0.5, 0.6) is 0 Å². The van der Waals surface area contributed by atoms with Gasteiger partial charge in [-0.05, 0) is 34.7 Å². The van der Waals surface area contributed by atoms with Crippen LogP contribution >= 0.6 is 11.3 Å². The van der Waals surface area contributed by atoms with E-state index in [-0.39, 0.29) is 23.1 Å². The van der Waals surface area contributed by atoms with Crippen LogP contribution < -0.4 is 0 Å². The minimum atomic E-state index is -0.377. The minimum absolute atomic E-state index is 0.135. The Hall–Kier alpha value is -1.40. The van der Waals surface area contributed by atoms with Gasteiger partial charge in [0.2, 0.25) is 11.8 Å². The minimum Gasteiger partial charge on any atom is -0.383 e. The summed E-state index contributed by atoms with van der Waals surface area (Å²) >= 11 is 1.61. The van der Waals surface area contributed by atoms with E-state index in [2.05, 4.69) is 6.92 Å². The van der Waals surface area contributed by atoms with Crippen molar-refractivity contribution in [2.24, 2.45) is 11.3 Å². The summed E-state index contributed by atoms with van der Waals surface area (Å²) < 4.78 is 5.09. The molecule has 126 valence electrons. The number of amides is 2. The molecule has 1 aromatic rings. The standard InChI is InChI=1S/C17H24N2O3S/c1-13-10-19(15(20)9-14-3-8-23-11-14)12-17(13)4-5-18(16(17)21)6-7-22-2/h3,8,11,13H,4-7,9-10,12H2,1-2H3/t13-,17-/m1/s1. The van der Waals surface area contributed by atoms with E-state index in [0.29, 0.717) is 32.7 Å². The number of thiophene rings is 1. The molecule has 0 bridgehead atoms. The summed E-state index contributed by atoms with van der Waals surface area (Å²) in [6.07, 6.45) is 1.28. The second-order valence-corrected chi connectivity index (χ2v) is 7.45. The van der Waals surface area contributed by atoms with E-state index in [4.69, 9.17) is 4.74 Å². The molecular formula is C17H24N2O3S. The highest BCUT2D eigenvalue weighted by Crippen LogP contribution is 2.44. The predicted molar refractivity (Wildman–Crippen MR) is 89.3 cm³/mol. The van der Waals surface area contributed by atoms with E-state index in [9.17, 15) is 9.59 Å². The van der Waals surface area contributed by atoms with Crippen LogP contribution in [0.2, 0.25) is 0 Å². The molecule has 2 saturated heterocycles. The van der Waals surface area contributed by atoms with Gasteiger partial charge in [-0.1, -0.05) is 6.92 Å². The third-order valence-electron chi connectivity index (χ3n) is 5.31. The highest BCUT2D eigenvalue weighted by Gasteiger charge is 2.55. The van der Waals surface area contributed by atoms with Crippen LogP contribution in [0.15, 0.2) is 16.8 Å². The second-order valence-electron chi connectivity index (χ2n) is 6.67. The maximum atomic E-state index is 12.9. The molecule has 3 rings (SSSR count). The Morgan fingerprint density at radius 3 is 3.04 bits per heavy atom. The molecular weight excluding hydrogens is 312 g/mol. The van der Waals surface area contributed by atoms with Gasteiger partial charge in [-0.3, -0.25) is 9.59 Å². The van der Waals surface area contributed by atoms with Crippen molar-refractivity contribution in [3.8, 4) is 0 Å². The lowest BCUT2D eigenvalue weighted by atomic mass is 9.78. The smallest absolute Gasteiger partial charge is 0.231 e. The Balaban J connectivity index is 1.66. The summed E-state index contributed by atoms with van der Waals surface area (Å²) in [5.41, 5.74) is 0.686. The van der Waals surface area contributed by atoms with Crippen LogP contribution in [0.4, 0.5) is 0 Å². The molecule has 0 unspecified atom stereocenters. The first-order chi connectivity index (χ1) is 11.1. The Bertz CT molecular complexity index is 574. The van der Waals surface area contributed by atoms with Gasteiger partial charge in [0.25, 0.3) is 0 Å². The van der Waals surface area contributed by atoms with Gasteiger partial charge in [-0.25, -0.2) is 0 Å². The molecule has 6 heteroatoms. The third-order valence-corrected chi connectivity index (χ3v) is 6.04. The maximum Gasteiger partial charge on any atom is 0.231 e. The molecule has 0 saturated carbocycles. The van der Waals surface area contributed by atoms with E-state index in [1.54, 1.807) is 18.4 Å². The molecule has 2 fully saturated rings. The first kappa shape index (κ1) is 16.5. The number of hydrogen-bond acceptors (Lipinski definition) is 4. The Labute approximate surface area is 141 Å². The van der Waals surface area contributed by atoms with Crippen molar-refractivity contribution in [2.45, 2.75) is 19.8 Å². The number of rotatable bonds is 5. The number of ether oxygens (including phenoxy) is 1. The Morgan fingerprint density at radius 1 is 1.52 bits per heavy atom. The molecule has 3 heterocycles. The van der Waals surface area contributed by atoms with Crippen molar-refractivity contribution in [2.75, 3.05) is 39.9 Å². The van der Waals surface area contributed by atoms with Gasteiger partial charge in [0.05, 0.1) is 18.4 Å². The second kappa shape index (κ2) is 6.61. The third kappa shape index (κ3) is 3.02. The van der Waals surface area contributed by atoms with Gasteiger partial charge in [0, 0.05) is 33.3 Å². The van der Waals surface area contributed by atoms with Crippen molar-refractivity contribution < 1.29 is 14.3 Å². The summed E-state index contributed by atoms with van der Waals surface area (Å²) in [5, 5.41) is 4.01. The van der Waals surface area contributed by atoms with Crippen molar-refractivity contribution in [1.29, 1.82) is 0 Å². The normalized spacial score (nSPS) is 27.4. The van der Waals surface area contributed by atoms with Crippen LogP contribution in [0.1, 0.15) is 18.9 Å². The fourth-order valence-electron chi connectivity index (χ4n) is 3.81. The van der Waals surface area contributed by atoms with Crippen molar-refractivity contribution >= 4 is 23.2 Å². The van der Waals surface area contributed by atoms with Gasteiger partial charge in [0.1, 0.15) is 0 Å². The van der Waals surface area contributed by atoms with Crippen LogP contribution in [-0.4, -0.2) is 61.5 Å². The van der Waals surface area contributed by atoms with Crippen LogP contribution in [0, 0.1) is 11.3 Å². The lowest BCUT2D eigenvalue weighted by Crippen LogP contribution is -2.41. The molecule has 23 heavy (non-hydrogen) atoms. The summed E-state index contributed by atoms with van der Waals surface area (Å²) in [6.45, 7) is 5.35. The van der Waals surface area contributed by atoms with Crippen molar-refractivity contribution in [3.63, 3.8) is 0 Å². The highest BCUT2D eigenvalue weighted by molar-refractivity contribution is 7.08. The number of carbonyl (C=O) groups is 2. The molecule has 0 N–H and O–H groups in total. The molecule has 0 aromatic carbocycles. The van der Waals surface area contributed by atoms with Gasteiger partial charge in [0.15, 0.2) is 0 Å². The van der Waals surface area contributed by atoms with Gasteiger partial charge >= 0.3 is 0 Å². The topological polar surface area (TPSA) is 49.9 Å². The van der Waals surface area contributed by atoms with E-state index in [0.717, 1.165) is 18.5 Å². The maximum absolute atomic E-state index is 12.9. The van der Waals surface area contributed by atoms with E-state index in [1.807, 2.05) is 26.6 Å². The number of nitrogens with zero attached hydrogens (tertiary/aromatic N) is 2. The first-order valence-electron chi connectivity index (χ1n) is 8.14. The zero-order chi connectivity index (χ0) is 16.4. The van der Waals surface area contributed by atoms with Crippen molar-refractivity contribution in [1.82, 2.24) is 9.80 Å². The zero-order valence-electron chi connectivity index (χ0n) is 13.8. The quantitative estimate of drug-likeness (QED) is 0.821. The molecule has 2 amide bonds. The lowest BCUT2D eigenvalue weighted by Gasteiger charge is -2.26. The number of likely N-dealkylation sites (tertiary alicyclic amines) is 2. The number of carbonyl (C=O) groups excluding carboxylic acids is 2. The average Bonchev–Trinajstić information content (AvgIpc) is 3.22. The average molecular weight is 336 g/mol. The Kier molecular flexibility index (Phi) is 4.73. The van der Waals surface area contributed by atoms with Crippen LogP contribution in [0.25, 0.3) is 0 Å². The lowest BCUT2D eigenvalue weighted by molar-refractivity contribution is -0.138. The SMILES string of the molecule is COCCN1CC[C@]2(CN(C(=O)Cc3ccsc3)C[C@H]2C)C1=O. The van der Waals surface area contributed by atoms with Gasteiger partial charge in [-0.15, -0.1) is 0 Å². The summed E-state index contributed by atoms with van der Waals surface area (Å²) in [6, 6.07) is 1.99. The zero-order valence-corrected chi connectivity index (χ0v) is 14.6. The molecule has 1 aromatic heterocycles. The molecule has 2 atom stereocenters. The van der Waals surface area contributed by atoms with Crippen LogP contribution in [0.3, 0.4) is 0 Å². The molecule has 1 spiro atoms. The highest BCUT2D eigenvalue weighted by atomic mass is 32.1. The van der Waals surface area contributed by atoms with Crippen molar-refractivity contribution in [3.05, 3.63) is 22.4 Å². The summed E-state index contributed by atoms with van der Waals surface area (Å²) in [7, 11) is 1.65. The molecule has 5 nitrogen and oxygen atoms in total. The fraction of sp³-hybridized carbons (Fsp3) is 0.647. The van der Waals surface area contributed by atoms with Gasteiger partial charge < -0.3 is 14.5 Å². The largest absolute Gasteiger partial charge is 0.383 e. The van der Waals surface area contributed by atoms with E-state index in [1.165, 1.54) is 0 Å². The summed E-state index contributed by atoms with van der Waals surface area (Å²) in [5.74, 6) is 0.553. The number of hydrogen-bond donors (Lipinski definition) is 0. The molecule has 0 aliphatic carbocycles. The predicted octanol–water partition coefficient (Wildman–Crippen LogP) is 1.63. The monoisotopic (exact) mass is 336 g/mol. The molecule has 0 radical (unpaired) electrons. The van der Waals surface area contributed by atoms with E-state index < -0.39 is 0 Å².